The molecule has 0 spiro atoms. The van der Waals surface area contributed by atoms with Gasteiger partial charge >= 0.3 is 0 Å². The molecule has 0 saturated carbocycles. The zero-order chi connectivity index (χ0) is 18.6. The predicted octanol–water partition coefficient (Wildman–Crippen LogP) is 4.81. The molecule has 2 heterocycles. The van der Waals surface area contributed by atoms with Gasteiger partial charge in [-0.1, -0.05) is 71.8 Å². The number of hydrogen-bond acceptors (Lipinski definition) is 5. The molecule has 0 fully saturated rings. The molecule has 2 aromatic heterocycles. The van der Waals surface area contributed by atoms with Crippen molar-refractivity contribution in [3.05, 3.63) is 78.1 Å². The summed E-state index contributed by atoms with van der Waals surface area (Å²) in [5.41, 5.74) is 4.28. The number of carbonyl (C=O) groups is 1. The van der Waals surface area contributed by atoms with E-state index in [-0.39, 0.29) is 11.6 Å². The Bertz CT molecular complexity index is 1050. The molecule has 0 atom stereocenters. The molecule has 0 aliphatic heterocycles. The molecule has 0 unspecified atom stereocenters. The summed E-state index contributed by atoms with van der Waals surface area (Å²) in [4.78, 5) is 12.4. The van der Waals surface area contributed by atoms with E-state index in [1.807, 2.05) is 54.6 Å². The molecule has 0 aliphatic carbocycles. The van der Waals surface area contributed by atoms with Crippen molar-refractivity contribution in [2.75, 3.05) is 5.32 Å². The standard InChI is InChI=1S/C21H17N3O3/c1-2-14-8-10-16(11-9-14)18-13-20(27-24-18)22-21(25)19-12-17(23-26-19)15-6-4-3-5-7-15/h3-13H,2H2,1H3,(H,22,25). The largest absolute Gasteiger partial charge is 0.350 e. The summed E-state index contributed by atoms with van der Waals surface area (Å²) in [5.74, 6) is -0.111. The van der Waals surface area contributed by atoms with Gasteiger partial charge in [0.15, 0.2) is 0 Å². The Hall–Kier alpha value is -3.67. The molecule has 2 aromatic carbocycles. The quantitative estimate of drug-likeness (QED) is 0.553. The third kappa shape index (κ3) is 3.64. The average molecular weight is 359 g/mol. The van der Waals surface area contributed by atoms with E-state index in [9.17, 15) is 4.79 Å². The summed E-state index contributed by atoms with van der Waals surface area (Å²) in [5, 5.41) is 10.6. The predicted molar refractivity (Wildman–Crippen MR) is 101 cm³/mol. The molecule has 0 saturated heterocycles. The van der Waals surface area contributed by atoms with Gasteiger partial charge in [0, 0.05) is 23.3 Å². The van der Waals surface area contributed by atoms with Gasteiger partial charge in [-0.3, -0.25) is 10.1 Å². The second-order valence-electron chi connectivity index (χ2n) is 6.02. The van der Waals surface area contributed by atoms with Crippen LogP contribution in [-0.4, -0.2) is 16.2 Å². The first kappa shape index (κ1) is 16.8. The van der Waals surface area contributed by atoms with Gasteiger partial charge in [0.05, 0.1) is 0 Å². The van der Waals surface area contributed by atoms with E-state index in [0.29, 0.717) is 11.4 Å². The fraction of sp³-hybridized carbons (Fsp3) is 0.0952. The molecular weight excluding hydrogens is 342 g/mol. The minimum absolute atomic E-state index is 0.0964. The van der Waals surface area contributed by atoms with Gasteiger partial charge in [-0.25, -0.2) is 0 Å². The summed E-state index contributed by atoms with van der Waals surface area (Å²) >= 11 is 0. The lowest BCUT2D eigenvalue weighted by molar-refractivity contribution is 0.0985. The van der Waals surface area contributed by atoms with Crippen molar-refractivity contribution in [3.8, 4) is 22.5 Å². The summed E-state index contributed by atoms with van der Waals surface area (Å²) < 4.78 is 10.4. The fourth-order valence-corrected chi connectivity index (χ4v) is 2.68. The first-order chi connectivity index (χ1) is 13.2. The van der Waals surface area contributed by atoms with Gasteiger partial charge in [0.1, 0.15) is 11.4 Å². The van der Waals surface area contributed by atoms with E-state index in [0.717, 1.165) is 17.5 Å². The van der Waals surface area contributed by atoms with Crippen molar-refractivity contribution in [3.63, 3.8) is 0 Å². The van der Waals surface area contributed by atoms with E-state index in [4.69, 9.17) is 9.05 Å². The molecule has 27 heavy (non-hydrogen) atoms. The number of nitrogens with one attached hydrogen (secondary N) is 1. The van der Waals surface area contributed by atoms with Gasteiger partial charge in [0.25, 0.3) is 5.91 Å². The van der Waals surface area contributed by atoms with Crippen LogP contribution >= 0.6 is 0 Å². The fourth-order valence-electron chi connectivity index (χ4n) is 2.68. The zero-order valence-electron chi connectivity index (χ0n) is 14.7. The number of rotatable bonds is 5. The Labute approximate surface area is 155 Å². The number of amides is 1. The van der Waals surface area contributed by atoms with Crippen molar-refractivity contribution >= 4 is 11.8 Å². The van der Waals surface area contributed by atoms with Crippen molar-refractivity contribution in [1.29, 1.82) is 0 Å². The minimum Gasteiger partial charge on any atom is -0.350 e. The second-order valence-corrected chi connectivity index (χ2v) is 6.02. The number of aryl methyl sites for hydroxylation is 1. The maximum Gasteiger partial charge on any atom is 0.296 e. The number of carbonyl (C=O) groups excluding carboxylic acids is 1. The normalized spacial score (nSPS) is 10.7. The SMILES string of the molecule is CCc1ccc(-c2cc(NC(=O)c3cc(-c4ccccc4)no3)on2)cc1. The highest BCUT2D eigenvalue weighted by atomic mass is 16.5. The Morgan fingerprint density at radius 1 is 0.889 bits per heavy atom. The lowest BCUT2D eigenvalue weighted by Crippen LogP contribution is -2.10. The van der Waals surface area contributed by atoms with E-state index >= 15 is 0 Å². The van der Waals surface area contributed by atoms with Crippen LogP contribution in [-0.2, 0) is 6.42 Å². The molecule has 6 nitrogen and oxygen atoms in total. The third-order valence-corrected chi connectivity index (χ3v) is 4.21. The van der Waals surface area contributed by atoms with Crippen LogP contribution in [0, 0.1) is 0 Å². The first-order valence-electron chi connectivity index (χ1n) is 8.62. The van der Waals surface area contributed by atoms with E-state index < -0.39 is 5.91 Å². The molecule has 0 radical (unpaired) electrons. The number of anilines is 1. The van der Waals surface area contributed by atoms with Gasteiger partial charge in [-0.2, -0.15) is 0 Å². The van der Waals surface area contributed by atoms with Gasteiger partial charge in [-0.05, 0) is 12.0 Å². The molecule has 4 aromatic rings. The van der Waals surface area contributed by atoms with Crippen LogP contribution in [0.2, 0.25) is 0 Å². The topological polar surface area (TPSA) is 81.2 Å². The van der Waals surface area contributed by atoms with Crippen LogP contribution in [0.3, 0.4) is 0 Å². The van der Waals surface area contributed by atoms with Crippen molar-refractivity contribution in [1.82, 2.24) is 10.3 Å². The van der Waals surface area contributed by atoms with Crippen LogP contribution in [0.25, 0.3) is 22.5 Å². The second kappa shape index (κ2) is 7.29. The number of aromatic nitrogens is 2. The summed E-state index contributed by atoms with van der Waals surface area (Å²) in [7, 11) is 0. The van der Waals surface area contributed by atoms with Crippen molar-refractivity contribution < 1.29 is 13.8 Å². The van der Waals surface area contributed by atoms with Crippen LogP contribution in [0.1, 0.15) is 23.0 Å². The highest BCUT2D eigenvalue weighted by Gasteiger charge is 2.16. The first-order valence-corrected chi connectivity index (χ1v) is 8.62. The highest BCUT2D eigenvalue weighted by Crippen LogP contribution is 2.23. The summed E-state index contributed by atoms with van der Waals surface area (Å²) in [6.45, 7) is 2.10. The molecule has 6 heteroatoms. The number of nitrogens with zero attached hydrogens (tertiary/aromatic N) is 2. The third-order valence-electron chi connectivity index (χ3n) is 4.21. The van der Waals surface area contributed by atoms with Gasteiger partial charge in [0.2, 0.25) is 11.6 Å². The number of benzene rings is 2. The van der Waals surface area contributed by atoms with Crippen LogP contribution in [0.15, 0.2) is 75.8 Å². The Morgan fingerprint density at radius 3 is 2.30 bits per heavy atom. The number of hydrogen-bond donors (Lipinski definition) is 1. The van der Waals surface area contributed by atoms with Gasteiger partial charge < -0.3 is 9.05 Å². The Morgan fingerprint density at radius 2 is 1.56 bits per heavy atom. The van der Waals surface area contributed by atoms with Gasteiger partial charge in [-0.15, -0.1) is 0 Å². The average Bonchev–Trinajstić information content (AvgIpc) is 3.39. The molecule has 1 amide bonds. The van der Waals surface area contributed by atoms with E-state index in [2.05, 4.69) is 22.6 Å². The summed E-state index contributed by atoms with van der Waals surface area (Å²) in [6.07, 6.45) is 0.975. The Balaban J connectivity index is 1.47. The monoisotopic (exact) mass is 359 g/mol. The highest BCUT2D eigenvalue weighted by molar-refractivity contribution is 6.02. The molecular formula is C21H17N3O3. The maximum absolute atomic E-state index is 12.4. The molecule has 0 bridgehead atoms. The zero-order valence-corrected chi connectivity index (χ0v) is 14.7. The molecule has 4 rings (SSSR count). The molecule has 0 aliphatic rings. The van der Waals surface area contributed by atoms with Crippen molar-refractivity contribution in [2.24, 2.45) is 0 Å². The lowest BCUT2D eigenvalue weighted by Gasteiger charge is -1.98. The van der Waals surface area contributed by atoms with E-state index in [1.54, 1.807) is 12.1 Å². The molecule has 1 N–H and O–H groups in total. The minimum atomic E-state index is -0.450. The lowest BCUT2D eigenvalue weighted by atomic mass is 10.1. The smallest absolute Gasteiger partial charge is 0.296 e. The van der Waals surface area contributed by atoms with Crippen LogP contribution in [0.5, 0.6) is 0 Å². The van der Waals surface area contributed by atoms with Crippen molar-refractivity contribution in [2.45, 2.75) is 13.3 Å². The van der Waals surface area contributed by atoms with Crippen LogP contribution < -0.4 is 5.32 Å². The van der Waals surface area contributed by atoms with E-state index in [1.165, 1.54) is 5.56 Å². The maximum atomic E-state index is 12.4. The van der Waals surface area contributed by atoms with Crippen LogP contribution in [0.4, 0.5) is 5.88 Å². The Kier molecular flexibility index (Phi) is 4.53. The summed E-state index contributed by atoms with van der Waals surface area (Å²) in [6, 6.07) is 20.8. The molecule has 134 valence electrons.